The Morgan fingerprint density at radius 1 is 0.667 bits per heavy atom. The Morgan fingerprint density at radius 3 is 1.38 bits per heavy atom. The van der Waals surface area contributed by atoms with Gasteiger partial charge in [-0.05, 0) is 25.7 Å². The Labute approximate surface area is 142 Å². The van der Waals surface area contributed by atoms with E-state index in [0.717, 1.165) is 0 Å². The van der Waals surface area contributed by atoms with E-state index in [1.807, 2.05) is 0 Å². The van der Waals surface area contributed by atoms with Crippen LogP contribution in [0.5, 0.6) is 0 Å². The highest BCUT2D eigenvalue weighted by molar-refractivity contribution is 5.77. The fraction of sp³-hybridized carbons (Fsp3) is 0.750. The van der Waals surface area contributed by atoms with Crippen LogP contribution < -0.4 is 10.6 Å². The summed E-state index contributed by atoms with van der Waals surface area (Å²) in [6, 6.07) is 0. The second-order valence-corrected chi connectivity index (χ2v) is 5.29. The smallest absolute Gasteiger partial charge is 0.302 e. The Morgan fingerprint density at radius 2 is 1.04 bits per heavy atom. The van der Waals surface area contributed by atoms with Crippen molar-refractivity contribution >= 4 is 23.8 Å². The zero-order valence-corrected chi connectivity index (χ0v) is 14.5. The highest BCUT2D eigenvalue weighted by Crippen LogP contribution is 2.00. The molecule has 0 rings (SSSR count). The Kier molecular flexibility index (Phi) is 13.2. The van der Waals surface area contributed by atoms with Crippen molar-refractivity contribution in [2.24, 2.45) is 0 Å². The average Bonchev–Trinajstić information content (AvgIpc) is 2.50. The third-order valence-corrected chi connectivity index (χ3v) is 2.95. The molecule has 0 bridgehead atoms. The number of ether oxygens (including phenoxy) is 2. The minimum atomic E-state index is -0.328. The highest BCUT2D eigenvalue weighted by Gasteiger charge is 2.04. The van der Waals surface area contributed by atoms with E-state index in [1.165, 1.54) is 13.8 Å². The maximum atomic E-state index is 11.5. The van der Waals surface area contributed by atoms with Crippen molar-refractivity contribution in [3.8, 4) is 0 Å². The van der Waals surface area contributed by atoms with Gasteiger partial charge in [-0.2, -0.15) is 0 Å². The first-order valence-corrected chi connectivity index (χ1v) is 8.22. The number of esters is 2. The fourth-order valence-electron chi connectivity index (χ4n) is 1.78. The van der Waals surface area contributed by atoms with Crippen LogP contribution >= 0.6 is 0 Å². The molecule has 2 N–H and O–H groups in total. The van der Waals surface area contributed by atoms with Crippen LogP contribution in [0.1, 0.15) is 52.4 Å². The Balaban J connectivity index is 3.40. The topological polar surface area (TPSA) is 111 Å². The summed E-state index contributed by atoms with van der Waals surface area (Å²) in [4.78, 5) is 44.1. The standard InChI is InChI=1S/C16H28N2O6/c1-13(19)23-11-5-9-17-15(21)7-3-4-8-16(22)18-10-6-12-24-14(2)20/h3-12H2,1-2H3,(H,17,21)(H,18,22). The maximum absolute atomic E-state index is 11.5. The Bertz CT molecular complexity index is 373. The number of hydrogen-bond acceptors (Lipinski definition) is 6. The lowest BCUT2D eigenvalue weighted by Crippen LogP contribution is -2.26. The van der Waals surface area contributed by atoms with E-state index in [1.54, 1.807) is 0 Å². The molecule has 0 heterocycles. The lowest BCUT2D eigenvalue weighted by atomic mass is 10.2. The number of amides is 2. The van der Waals surface area contributed by atoms with E-state index < -0.39 is 0 Å². The summed E-state index contributed by atoms with van der Waals surface area (Å²) in [6.45, 7) is 4.22. The largest absolute Gasteiger partial charge is 0.466 e. The van der Waals surface area contributed by atoms with E-state index in [2.05, 4.69) is 10.6 Å². The van der Waals surface area contributed by atoms with Gasteiger partial charge in [0.05, 0.1) is 13.2 Å². The summed E-state index contributed by atoms with van der Waals surface area (Å²) in [6.07, 6.45) is 3.18. The number of carbonyl (C=O) groups excluding carboxylic acids is 4. The minimum absolute atomic E-state index is 0.0698. The molecule has 0 aliphatic heterocycles. The molecular formula is C16H28N2O6. The molecule has 0 fully saturated rings. The maximum Gasteiger partial charge on any atom is 0.302 e. The fourth-order valence-corrected chi connectivity index (χ4v) is 1.78. The van der Waals surface area contributed by atoms with Gasteiger partial charge in [-0.3, -0.25) is 19.2 Å². The molecule has 2 amide bonds. The van der Waals surface area contributed by atoms with Crippen LogP contribution in [0.25, 0.3) is 0 Å². The van der Waals surface area contributed by atoms with Gasteiger partial charge in [0.25, 0.3) is 0 Å². The molecule has 0 aromatic heterocycles. The van der Waals surface area contributed by atoms with Crippen molar-refractivity contribution in [1.29, 1.82) is 0 Å². The summed E-state index contributed by atoms with van der Waals surface area (Å²) in [5, 5.41) is 5.46. The van der Waals surface area contributed by atoms with Crippen LogP contribution in [-0.2, 0) is 28.7 Å². The normalized spacial score (nSPS) is 9.92. The van der Waals surface area contributed by atoms with Crippen LogP contribution in [0.15, 0.2) is 0 Å². The van der Waals surface area contributed by atoms with Gasteiger partial charge in [0.1, 0.15) is 0 Å². The molecule has 0 aromatic rings. The van der Waals surface area contributed by atoms with Gasteiger partial charge in [-0.1, -0.05) is 0 Å². The van der Waals surface area contributed by atoms with Crippen molar-refractivity contribution in [3.05, 3.63) is 0 Å². The molecule has 0 saturated heterocycles. The average molecular weight is 344 g/mol. The van der Waals surface area contributed by atoms with E-state index in [4.69, 9.17) is 9.47 Å². The molecule has 0 aliphatic rings. The first-order valence-electron chi connectivity index (χ1n) is 8.22. The van der Waals surface area contributed by atoms with Crippen LogP contribution in [-0.4, -0.2) is 50.1 Å². The van der Waals surface area contributed by atoms with Crippen LogP contribution in [0.2, 0.25) is 0 Å². The van der Waals surface area contributed by atoms with Crippen molar-refractivity contribution < 1.29 is 28.7 Å². The second kappa shape index (κ2) is 14.5. The summed E-state index contributed by atoms with van der Waals surface area (Å²) in [7, 11) is 0. The SMILES string of the molecule is CC(=O)OCCCNC(=O)CCCCC(=O)NCCCOC(C)=O. The number of carbonyl (C=O) groups is 4. The van der Waals surface area contributed by atoms with Gasteiger partial charge in [-0.25, -0.2) is 0 Å². The molecule has 138 valence electrons. The van der Waals surface area contributed by atoms with E-state index in [9.17, 15) is 19.2 Å². The lowest BCUT2D eigenvalue weighted by Gasteiger charge is -2.06. The van der Waals surface area contributed by atoms with E-state index in [-0.39, 0.29) is 23.8 Å². The van der Waals surface area contributed by atoms with Crippen molar-refractivity contribution in [3.63, 3.8) is 0 Å². The summed E-state index contributed by atoms with van der Waals surface area (Å²) < 4.78 is 9.50. The minimum Gasteiger partial charge on any atom is -0.466 e. The molecular weight excluding hydrogens is 316 g/mol. The van der Waals surface area contributed by atoms with Crippen molar-refractivity contribution in [2.45, 2.75) is 52.4 Å². The van der Waals surface area contributed by atoms with Gasteiger partial charge >= 0.3 is 11.9 Å². The monoisotopic (exact) mass is 344 g/mol. The number of rotatable bonds is 13. The van der Waals surface area contributed by atoms with Crippen LogP contribution in [0.3, 0.4) is 0 Å². The summed E-state index contributed by atoms with van der Waals surface area (Å²) >= 11 is 0. The third-order valence-electron chi connectivity index (χ3n) is 2.95. The van der Waals surface area contributed by atoms with Gasteiger partial charge in [0, 0.05) is 39.8 Å². The van der Waals surface area contributed by atoms with Crippen LogP contribution in [0, 0.1) is 0 Å². The van der Waals surface area contributed by atoms with E-state index in [0.29, 0.717) is 64.8 Å². The zero-order chi connectivity index (χ0) is 18.2. The molecule has 0 saturated carbocycles. The predicted octanol–water partition coefficient (Wildman–Crippen LogP) is 0.686. The summed E-state index contributed by atoms with van der Waals surface area (Å²) in [5.41, 5.74) is 0. The molecule has 0 aliphatic carbocycles. The quantitative estimate of drug-likeness (QED) is 0.375. The Hall–Kier alpha value is -2.12. The number of nitrogens with one attached hydrogen (secondary N) is 2. The lowest BCUT2D eigenvalue weighted by molar-refractivity contribution is -0.142. The predicted molar refractivity (Wildman–Crippen MR) is 87.0 cm³/mol. The zero-order valence-electron chi connectivity index (χ0n) is 14.5. The van der Waals surface area contributed by atoms with Gasteiger partial charge in [0.2, 0.25) is 11.8 Å². The van der Waals surface area contributed by atoms with Gasteiger partial charge in [0.15, 0.2) is 0 Å². The molecule has 0 atom stereocenters. The van der Waals surface area contributed by atoms with Crippen LogP contribution in [0.4, 0.5) is 0 Å². The summed E-state index contributed by atoms with van der Waals surface area (Å²) in [5.74, 6) is -0.795. The molecule has 0 radical (unpaired) electrons. The molecule has 8 heteroatoms. The first kappa shape index (κ1) is 21.9. The molecule has 0 spiro atoms. The molecule has 24 heavy (non-hydrogen) atoms. The molecule has 0 unspecified atom stereocenters. The highest BCUT2D eigenvalue weighted by atomic mass is 16.5. The van der Waals surface area contributed by atoms with E-state index >= 15 is 0 Å². The third kappa shape index (κ3) is 16.3. The first-order chi connectivity index (χ1) is 11.4. The van der Waals surface area contributed by atoms with Crippen molar-refractivity contribution in [2.75, 3.05) is 26.3 Å². The second-order valence-electron chi connectivity index (χ2n) is 5.29. The van der Waals surface area contributed by atoms with Crippen molar-refractivity contribution in [1.82, 2.24) is 10.6 Å². The number of unbranched alkanes of at least 4 members (excludes halogenated alkanes) is 1. The van der Waals surface area contributed by atoms with Gasteiger partial charge in [-0.15, -0.1) is 0 Å². The number of hydrogen-bond donors (Lipinski definition) is 2. The van der Waals surface area contributed by atoms with Gasteiger partial charge < -0.3 is 20.1 Å². The molecule has 0 aromatic carbocycles. The molecule has 8 nitrogen and oxygen atoms in total.